The van der Waals surface area contributed by atoms with Crippen molar-refractivity contribution < 1.29 is 9.47 Å². The maximum absolute atomic E-state index is 6.07. The first-order chi connectivity index (χ1) is 13.5. The predicted octanol–water partition coefficient (Wildman–Crippen LogP) is 7.00. The van der Waals surface area contributed by atoms with E-state index in [1.54, 1.807) is 6.26 Å². The molecule has 4 heteroatoms. The number of ether oxygens (including phenoxy) is 2. The van der Waals surface area contributed by atoms with Crippen LogP contribution in [0.2, 0.25) is 0 Å². The molecule has 0 bridgehead atoms. The molecule has 0 aliphatic rings. The molecule has 3 rings (SSSR count). The van der Waals surface area contributed by atoms with Crippen molar-refractivity contribution in [3.63, 3.8) is 0 Å². The molecule has 0 saturated carbocycles. The van der Waals surface area contributed by atoms with Crippen LogP contribution in [0.5, 0.6) is 11.5 Å². The van der Waals surface area contributed by atoms with Crippen molar-refractivity contribution in [1.82, 2.24) is 0 Å². The van der Waals surface area contributed by atoms with Gasteiger partial charge in [0.2, 0.25) is 5.90 Å². The van der Waals surface area contributed by atoms with Gasteiger partial charge >= 0.3 is 0 Å². The minimum Gasteiger partial charge on any atom is -0.465 e. The molecule has 0 aliphatic carbocycles. The summed E-state index contributed by atoms with van der Waals surface area (Å²) in [6.45, 7) is 6.02. The molecule has 0 unspecified atom stereocenters. The minimum absolute atomic E-state index is 0.497. The maximum atomic E-state index is 6.07. The molecular weight excluding hydrogens is 461 g/mol. The lowest BCUT2D eigenvalue weighted by molar-refractivity contribution is 0.473. The molecule has 0 radical (unpaired) electrons. The Bertz CT molecular complexity index is 973. The number of aryl methyl sites for hydroxylation is 2. The van der Waals surface area contributed by atoms with E-state index in [0.29, 0.717) is 5.90 Å². The Morgan fingerprint density at radius 3 is 1.93 bits per heavy atom. The van der Waals surface area contributed by atoms with Crippen LogP contribution in [0.4, 0.5) is 5.69 Å². The molecular formula is C24H22INO2. The average Bonchev–Trinajstić information content (AvgIpc) is 2.70. The summed E-state index contributed by atoms with van der Waals surface area (Å²) in [7, 11) is 0. The summed E-state index contributed by atoms with van der Waals surface area (Å²) >= 11 is 2.27. The molecule has 0 N–H and O–H groups in total. The van der Waals surface area contributed by atoms with Crippen LogP contribution in [-0.4, -0.2) is 5.90 Å². The largest absolute Gasteiger partial charge is 0.465 e. The van der Waals surface area contributed by atoms with Crippen LogP contribution in [0.3, 0.4) is 0 Å². The minimum atomic E-state index is 0.497. The van der Waals surface area contributed by atoms with E-state index in [1.807, 2.05) is 86.6 Å². The number of nitrogens with zero attached hydrogens (tertiary/aromatic N) is 1. The zero-order chi connectivity index (χ0) is 19.9. The van der Waals surface area contributed by atoms with Crippen LogP contribution in [0.15, 0.2) is 89.6 Å². The van der Waals surface area contributed by atoms with Crippen LogP contribution in [0.25, 0.3) is 0 Å². The zero-order valence-corrected chi connectivity index (χ0v) is 18.3. The SMILES string of the molecule is CC(=C\Oc1ccc(C)cc1)/C(=N/c1ccc(C)cc1)Oc1ccc(I)cc1. The molecule has 0 fully saturated rings. The Labute approximate surface area is 179 Å². The topological polar surface area (TPSA) is 30.8 Å². The van der Waals surface area contributed by atoms with Gasteiger partial charge in [-0.15, -0.1) is 0 Å². The number of rotatable bonds is 5. The fraction of sp³-hybridized carbons (Fsp3) is 0.125. The van der Waals surface area contributed by atoms with E-state index in [0.717, 1.165) is 26.3 Å². The van der Waals surface area contributed by atoms with Crippen molar-refractivity contribution in [1.29, 1.82) is 0 Å². The van der Waals surface area contributed by atoms with Crippen LogP contribution in [0, 0.1) is 17.4 Å². The summed E-state index contributed by atoms with van der Waals surface area (Å²) < 4.78 is 13.0. The Hall–Kier alpha value is -2.60. The van der Waals surface area contributed by atoms with Crippen LogP contribution in [0.1, 0.15) is 18.1 Å². The van der Waals surface area contributed by atoms with E-state index in [-0.39, 0.29) is 0 Å². The number of halogens is 1. The smallest absolute Gasteiger partial charge is 0.225 e. The number of benzene rings is 3. The lowest BCUT2D eigenvalue weighted by atomic mass is 10.2. The van der Waals surface area contributed by atoms with E-state index in [9.17, 15) is 0 Å². The highest BCUT2D eigenvalue weighted by Gasteiger charge is 2.08. The van der Waals surface area contributed by atoms with E-state index in [2.05, 4.69) is 34.5 Å². The Balaban J connectivity index is 1.87. The van der Waals surface area contributed by atoms with Gasteiger partial charge in [-0.2, -0.15) is 0 Å². The lowest BCUT2D eigenvalue weighted by Crippen LogP contribution is -2.11. The van der Waals surface area contributed by atoms with Crippen LogP contribution < -0.4 is 9.47 Å². The predicted molar refractivity (Wildman–Crippen MR) is 124 cm³/mol. The summed E-state index contributed by atoms with van der Waals surface area (Å²) in [4.78, 5) is 4.69. The first-order valence-electron chi connectivity index (χ1n) is 8.99. The van der Waals surface area contributed by atoms with Crippen LogP contribution >= 0.6 is 22.6 Å². The summed E-state index contributed by atoms with van der Waals surface area (Å²) in [6.07, 6.45) is 1.67. The van der Waals surface area contributed by atoms with Gasteiger partial charge in [0, 0.05) is 9.14 Å². The Morgan fingerprint density at radius 2 is 1.32 bits per heavy atom. The fourth-order valence-electron chi connectivity index (χ4n) is 2.37. The van der Waals surface area contributed by atoms with Gasteiger partial charge in [0.1, 0.15) is 11.5 Å². The van der Waals surface area contributed by atoms with Crippen molar-refractivity contribution in [3.8, 4) is 11.5 Å². The number of aliphatic imine (C=N–C) groups is 1. The second kappa shape index (κ2) is 9.55. The van der Waals surface area contributed by atoms with Crippen LogP contribution in [-0.2, 0) is 0 Å². The number of hydrogen-bond acceptors (Lipinski definition) is 3. The zero-order valence-electron chi connectivity index (χ0n) is 16.1. The molecule has 3 nitrogen and oxygen atoms in total. The quantitative estimate of drug-likeness (QED) is 0.169. The molecule has 0 saturated heterocycles. The Morgan fingerprint density at radius 1 is 0.786 bits per heavy atom. The lowest BCUT2D eigenvalue weighted by Gasteiger charge is -2.10. The molecule has 0 aliphatic heterocycles. The first-order valence-corrected chi connectivity index (χ1v) is 10.1. The summed E-state index contributed by atoms with van der Waals surface area (Å²) in [5.74, 6) is 2.00. The molecule has 0 spiro atoms. The van der Waals surface area contributed by atoms with Gasteiger partial charge in [0.05, 0.1) is 11.9 Å². The standard InChI is InChI=1S/C24H22INO2/c1-17-4-10-21(11-5-17)26-24(28-23-14-8-20(25)9-15-23)19(3)16-27-22-12-6-18(2)7-13-22/h4-16H,1-3H3/b19-16+,26-24-. The second-order valence-electron chi connectivity index (χ2n) is 6.54. The molecule has 0 amide bonds. The van der Waals surface area contributed by atoms with Crippen molar-refractivity contribution in [2.75, 3.05) is 0 Å². The third-order valence-electron chi connectivity index (χ3n) is 4.02. The van der Waals surface area contributed by atoms with Gasteiger partial charge in [-0.3, -0.25) is 0 Å². The molecule has 0 atom stereocenters. The molecule has 3 aromatic rings. The molecule has 0 aromatic heterocycles. The average molecular weight is 483 g/mol. The number of hydrogen-bond donors (Lipinski definition) is 0. The van der Waals surface area contributed by atoms with Gasteiger partial charge in [-0.05, 0) is 91.9 Å². The maximum Gasteiger partial charge on any atom is 0.225 e. The Kier molecular flexibility index (Phi) is 6.87. The highest BCUT2D eigenvalue weighted by atomic mass is 127. The first kappa shape index (κ1) is 20.1. The van der Waals surface area contributed by atoms with Crippen molar-refractivity contribution in [3.05, 3.63) is 99.3 Å². The molecule has 28 heavy (non-hydrogen) atoms. The molecule has 3 aromatic carbocycles. The third-order valence-corrected chi connectivity index (χ3v) is 4.74. The molecule has 0 heterocycles. The van der Waals surface area contributed by atoms with Crippen molar-refractivity contribution >= 4 is 34.2 Å². The van der Waals surface area contributed by atoms with Crippen molar-refractivity contribution in [2.45, 2.75) is 20.8 Å². The summed E-state index contributed by atoms with van der Waals surface area (Å²) in [6, 6.07) is 23.8. The normalized spacial score (nSPS) is 12.0. The van der Waals surface area contributed by atoms with Gasteiger partial charge in [-0.1, -0.05) is 35.4 Å². The van der Waals surface area contributed by atoms with E-state index in [4.69, 9.17) is 9.47 Å². The summed E-state index contributed by atoms with van der Waals surface area (Å²) in [5.41, 5.74) is 4.00. The van der Waals surface area contributed by atoms with Gasteiger partial charge in [0.15, 0.2) is 0 Å². The molecule has 142 valence electrons. The third kappa shape index (κ3) is 5.96. The highest BCUT2D eigenvalue weighted by Crippen LogP contribution is 2.20. The highest BCUT2D eigenvalue weighted by molar-refractivity contribution is 14.1. The van der Waals surface area contributed by atoms with E-state index >= 15 is 0 Å². The van der Waals surface area contributed by atoms with Gasteiger partial charge < -0.3 is 9.47 Å². The second-order valence-corrected chi connectivity index (χ2v) is 7.79. The van der Waals surface area contributed by atoms with Gasteiger partial charge in [-0.25, -0.2) is 4.99 Å². The van der Waals surface area contributed by atoms with Gasteiger partial charge in [0.25, 0.3) is 0 Å². The van der Waals surface area contributed by atoms with Crippen molar-refractivity contribution in [2.24, 2.45) is 4.99 Å². The summed E-state index contributed by atoms with van der Waals surface area (Å²) in [5, 5.41) is 0. The monoisotopic (exact) mass is 483 g/mol. The van der Waals surface area contributed by atoms with E-state index < -0.39 is 0 Å². The van der Waals surface area contributed by atoms with E-state index in [1.165, 1.54) is 11.1 Å². The fourth-order valence-corrected chi connectivity index (χ4v) is 2.73.